The number of benzene rings is 3. The first-order valence-corrected chi connectivity index (χ1v) is 15.0. The molecule has 2 amide bonds. The molecule has 1 N–H and O–H groups in total. The monoisotopic (exact) mass is 613 g/mol. The average Bonchev–Trinajstić information content (AvgIpc) is 2.91. The van der Waals surface area contributed by atoms with E-state index in [9.17, 15) is 18.0 Å². The summed E-state index contributed by atoms with van der Waals surface area (Å²) < 4.78 is 34.4. The van der Waals surface area contributed by atoms with Crippen LogP contribution < -0.4 is 19.3 Å². The number of anilines is 2. The molecule has 3 aromatic rings. The maximum absolute atomic E-state index is 13.4. The van der Waals surface area contributed by atoms with Crippen molar-refractivity contribution in [2.24, 2.45) is 0 Å². The number of aryl methyl sites for hydroxylation is 2. The van der Waals surface area contributed by atoms with Crippen molar-refractivity contribution >= 4 is 49.1 Å². The van der Waals surface area contributed by atoms with Gasteiger partial charge in [-0.15, -0.1) is 0 Å². The van der Waals surface area contributed by atoms with Gasteiger partial charge in [0.25, 0.3) is 15.9 Å². The second-order valence-corrected chi connectivity index (χ2v) is 12.3. The Hall–Kier alpha value is -3.37. The van der Waals surface area contributed by atoms with Crippen molar-refractivity contribution in [2.75, 3.05) is 29.4 Å². The Morgan fingerprint density at radius 3 is 2.46 bits per heavy atom. The quantitative estimate of drug-likeness (QED) is 0.376. The minimum Gasteiger partial charge on any atom is -0.494 e. The van der Waals surface area contributed by atoms with Gasteiger partial charge in [-0.25, -0.2) is 8.42 Å². The summed E-state index contributed by atoms with van der Waals surface area (Å²) in [6, 6.07) is 16.2. The fraction of sp³-hybridized carbons (Fsp3) is 0.310. The van der Waals surface area contributed by atoms with Gasteiger partial charge in [-0.05, 0) is 99.3 Å². The first-order valence-electron chi connectivity index (χ1n) is 12.7. The van der Waals surface area contributed by atoms with Crippen molar-refractivity contribution in [1.82, 2.24) is 5.32 Å². The Bertz CT molecular complexity index is 1490. The summed E-state index contributed by atoms with van der Waals surface area (Å²) in [4.78, 5) is 28.3. The van der Waals surface area contributed by atoms with Gasteiger partial charge in [0.2, 0.25) is 5.91 Å². The molecule has 1 heterocycles. The molecule has 1 saturated heterocycles. The molecule has 3 aromatic carbocycles. The highest BCUT2D eigenvalue weighted by atomic mass is 79.9. The van der Waals surface area contributed by atoms with Gasteiger partial charge in [-0.2, -0.15) is 0 Å². The molecule has 1 unspecified atom stereocenters. The average molecular weight is 615 g/mol. The Balaban J connectivity index is 1.54. The number of hydrogen-bond donors (Lipinski definition) is 1. The van der Waals surface area contributed by atoms with Crippen molar-refractivity contribution in [1.29, 1.82) is 0 Å². The zero-order valence-corrected chi connectivity index (χ0v) is 24.8. The molecule has 0 bridgehead atoms. The van der Waals surface area contributed by atoms with E-state index in [-0.39, 0.29) is 16.4 Å². The molecule has 0 radical (unpaired) electrons. The van der Waals surface area contributed by atoms with E-state index in [0.29, 0.717) is 36.6 Å². The lowest BCUT2D eigenvalue weighted by molar-refractivity contribution is -0.121. The smallest absolute Gasteiger partial charge is 0.264 e. The van der Waals surface area contributed by atoms with Gasteiger partial charge in [-0.3, -0.25) is 13.9 Å². The molecule has 39 heavy (non-hydrogen) atoms. The lowest BCUT2D eigenvalue weighted by Gasteiger charge is -2.33. The molecule has 0 aromatic heterocycles. The van der Waals surface area contributed by atoms with Crippen molar-refractivity contribution in [3.8, 4) is 5.75 Å². The van der Waals surface area contributed by atoms with Crippen LogP contribution in [-0.4, -0.2) is 46.5 Å². The number of halogens is 1. The SMILES string of the molecule is CCOc1ccc(N(C)S(=O)(=O)c2ccc(C)c(C(=O)NC3CCCN(c4ccc(Br)c(C)c4)C3=O)c2)cc1. The van der Waals surface area contributed by atoms with Gasteiger partial charge in [-0.1, -0.05) is 22.0 Å². The summed E-state index contributed by atoms with van der Waals surface area (Å²) in [6.45, 7) is 6.64. The number of nitrogens with zero attached hydrogens (tertiary/aromatic N) is 2. The molecule has 0 aliphatic carbocycles. The normalized spacial score (nSPS) is 15.7. The maximum Gasteiger partial charge on any atom is 0.264 e. The number of nitrogens with one attached hydrogen (secondary N) is 1. The molecule has 0 saturated carbocycles. The van der Waals surface area contributed by atoms with Crippen LogP contribution in [0.25, 0.3) is 0 Å². The fourth-order valence-corrected chi connectivity index (χ4v) is 5.99. The van der Waals surface area contributed by atoms with E-state index >= 15 is 0 Å². The van der Waals surface area contributed by atoms with E-state index in [1.54, 1.807) is 42.2 Å². The molecule has 1 aliphatic heterocycles. The molecule has 1 aliphatic rings. The molecule has 8 nitrogen and oxygen atoms in total. The van der Waals surface area contributed by atoms with Gasteiger partial charge >= 0.3 is 0 Å². The highest BCUT2D eigenvalue weighted by molar-refractivity contribution is 9.10. The van der Waals surface area contributed by atoms with Crippen molar-refractivity contribution in [3.63, 3.8) is 0 Å². The number of hydrogen-bond acceptors (Lipinski definition) is 5. The molecule has 0 spiro atoms. The van der Waals surface area contributed by atoms with E-state index in [0.717, 1.165) is 26.4 Å². The van der Waals surface area contributed by atoms with Gasteiger partial charge in [0.05, 0.1) is 17.2 Å². The van der Waals surface area contributed by atoms with Crippen molar-refractivity contribution in [2.45, 2.75) is 44.6 Å². The number of ether oxygens (including phenoxy) is 1. The maximum atomic E-state index is 13.4. The summed E-state index contributed by atoms with van der Waals surface area (Å²) in [7, 11) is -2.49. The van der Waals surface area contributed by atoms with Gasteiger partial charge in [0.1, 0.15) is 11.8 Å². The Morgan fingerprint density at radius 2 is 1.79 bits per heavy atom. The van der Waals surface area contributed by atoms with Crippen LogP contribution in [0.2, 0.25) is 0 Å². The number of amides is 2. The number of rotatable bonds is 8. The summed E-state index contributed by atoms with van der Waals surface area (Å²) >= 11 is 3.48. The lowest BCUT2D eigenvalue weighted by Crippen LogP contribution is -2.52. The predicted octanol–water partition coefficient (Wildman–Crippen LogP) is 5.22. The van der Waals surface area contributed by atoms with Gasteiger partial charge in [0.15, 0.2) is 0 Å². The Morgan fingerprint density at radius 1 is 1.08 bits per heavy atom. The van der Waals surface area contributed by atoms with Crippen LogP contribution >= 0.6 is 15.9 Å². The second kappa shape index (κ2) is 11.8. The molecular formula is C29H32BrN3O5S. The van der Waals surface area contributed by atoms with E-state index in [1.165, 1.54) is 19.2 Å². The number of sulfonamides is 1. The summed E-state index contributed by atoms with van der Waals surface area (Å²) in [6.07, 6.45) is 1.24. The minimum atomic E-state index is -3.95. The third-order valence-corrected chi connectivity index (χ3v) is 9.49. The predicted molar refractivity (Wildman–Crippen MR) is 156 cm³/mol. The van der Waals surface area contributed by atoms with E-state index in [4.69, 9.17) is 4.74 Å². The Kier molecular flexibility index (Phi) is 8.66. The topological polar surface area (TPSA) is 96.0 Å². The van der Waals surface area contributed by atoms with Crippen molar-refractivity contribution < 1.29 is 22.7 Å². The Labute approximate surface area is 238 Å². The lowest BCUT2D eigenvalue weighted by atomic mass is 10.0. The van der Waals surface area contributed by atoms with E-state index in [1.807, 2.05) is 32.0 Å². The highest BCUT2D eigenvalue weighted by Gasteiger charge is 2.32. The summed E-state index contributed by atoms with van der Waals surface area (Å²) in [5.41, 5.74) is 3.07. The van der Waals surface area contributed by atoms with Crippen LogP contribution in [0.15, 0.2) is 70.0 Å². The van der Waals surface area contributed by atoms with Crippen LogP contribution in [0.1, 0.15) is 41.3 Å². The minimum absolute atomic E-state index is 0.0171. The number of carbonyl (C=O) groups is 2. The van der Waals surface area contributed by atoms with Crippen LogP contribution in [0.5, 0.6) is 5.75 Å². The number of carbonyl (C=O) groups excluding carboxylic acids is 2. The first kappa shape index (κ1) is 28.6. The molecule has 1 fully saturated rings. The van der Waals surface area contributed by atoms with E-state index < -0.39 is 22.0 Å². The van der Waals surface area contributed by atoms with Crippen molar-refractivity contribution in [3.05, 3.63) is 81.8 Å². The fourth-order valence-electron chi connectivity index (χ4n) is 4.52. The molecule has 4 rings (SSSR count). The van der Waals surface area contributed by atoms with Gasteiger partial charge in [0, 0.05) is 29.3 Å². The van der Waals surface area contributed by atoms with Crippen LogP contribution in [0, 0.1) is 13.8 Å². The zero-order chi connectivity index (χ0) is 28.3. The van der Waals surface area contributed by atoms with Crippen LogP contribution in [0.3, 0.4) is 0 Å². The molecular weight excluding hydrogens is 582 g/mol. The standard InChI is InChI=1S/C29H32BrN3O5S/c1-5-38-23-12-9-21(10-13-23)32(4)39(36,37)24-14-8-19(2)25(18-24)28(34)31-27-7-6-16-33(29(27)35)22-11-15-26(30)20(3)17-22/h8-15,17-18,27H,5-7,16H2,1-4H3,(H,31,34). The first-order chi connectivity index (χ1) is 18.5. The third kappa shape index (κ3) is 6.12. The van der Waals surface area contributed by atoms with Gasteiger partial charge < -0.3 is 15.0 Å². The third-order valence-electron chi connectivity index (χ3n) is 6.82. The molecule has 206 valence electrons. The second-order valence-electron chi connectivity index (χ2n) is 9.47. The molecule has 1 atom stereocenters. The van der Waals surface area contributed by atoms with Crippen LogP contribution in [-0.2, 0) is 14.8 Å². The summed E-state index contributed by atoms with van der Waals surface area (Å²) in [5, 5.41) is 2.85. The van der Waals surface area contributed by atoms with Crippen LogP contribution in [0.4, 0.5) is 11.4 Å². The zero-order valence-electron chi connectivity index (χ0n) is 22.4. The molecule has 10 heteroatoms. The highest BCUT2D eigenvalue weighted by Crippen LogP contribution is 2.28. The number of piperidine rings is 1. The summed E-state index contributed by atoms with van der Waals surface area (Å²) in [5.74, 6) is -0.0270. The van der Waals surface area contributed by atoms with E-state index in [2.05, 4.69) is 21.2 Å². The largest absolute Gasteiger partial charge is 0.494 e.